The number of fused-ring (bicyclic) bond motifs is 1. The zero-order valence-electron chi connectivity index (χ0n) is 23.7. The number of rotatable bonds is 6. The van der Waals surface area contributed by atoms with Gasteiger partial charge < -0.3 is 9.47 Å². The molecule has 0 N–H and O–H groups in total. The van der Waals surface area contributed by atoms with E-state index >= 15 is 0 Å². The first-order valence-corrected chi connectivity index (χ1v) is 13.9. The topological polar surface area (TPSA) is 82.4 Å². The van der Waals surface area contributed by atoms with Gasteiger partial charge in [-0.05, 0) is 64.3 Å². The van der Waals surface area contributed by atoms with Crippen LogP contribution in [0.5, 0.6) is 5.88 Å². The molecule has 0 atom stereocenters. The molecule has 1 aliphatic carbocycles. The normalized spacial score (nSPS) is 13.6. The van der Waals surface area contributed by atoms with Gasteiger partial charge in [0.15, 0.2) is 17.0 Å². The van der Waals surface area contributed by atoms with Crippen molar-refractivity contribution in [3.05, 3.63) is 84.9 Å². The Balaban J connectivity index is 1.50. The number of aromatic nitrogens is 4. The Kier molecular flexibility index (Phi) is 6.91. The SMILES string of the molecule is COc1nc(-c2ccccc2)nc2c1nc(-c1ccccc1)n2-c1ccc(N(C(=O)OC(C)(C)C)C2CCC2)cc1. The van der Waals surface area contributed by atoms with E-state index in [0.717, 1.165) is 41.8 Å². The molecule has 2 aromatic heterocycles. The van der Waals surface area contributed by atoms with Crippen LogP contribution in [0, 0.1) is 0 Å². The minimum atomic E-state index is -0.575. The fourth-order valence-electron chi connectivity index (χ4n) is 5.00. The molecule has 1 fully saturated rings. The summed E-state index contributed by atoms with van der Waals surface area (Å²) in [6.07, 6.45) is 2.71. The largest absolute Gasteiger partial charge is 0.479 e. The number of hydrogen-bond donors (Lipinski definition) is 0. The molecule has 1 amide bonds. The summed E-state index contributed by atoms with van der Waals surface area (Å²) in [7, 11) is 1.60. The van der Waals surface area contributed by atoms with Gasteiger partial charge in [-0.1, -0.05) is 60.7 Å². The fourth-order valence-corrected chi connectivity index (χ4v) is 5.00. The fraction of sp³-hybridized carbons (Fsp3) is 0.273. The van der Waals surface area contributed by atoms with Crippen molar-refractivity contribution in [2.75, 3.05) is 12.0 Å². The second kappa shape index (κ2) is 10.7. The molecule has 8 nitrogen and oxygen atoms in total. The molecule has 3 aromatic carbocycles. The number of amides is 1. The summed E-state index contributed by atoms with van der Waals surface area (Å²) in [4.78, 5) is 29.6. The van der Waals surface area contributed by atoms with Gasteiger partial charge in [0.1, 0.15) is 11.4 Å². The molecule has 41 heavy (non-hydrogen) atoms. The Hall–Kier alpha value is -4.72. The first kappa shape index (κ1) is 26.5. The van der Waals surface area contributed by atoms with Gasteiger partial charge in [-0.15, -0.1) is 0 Å². The zero-order valence-corrected chi connectivity index (χ0v) is 23.7. The molecule has 1 saturated carbocycles. The average molecular weight is 548 g/mol. The molecule has 0 bridgehead atoms. The van der Waals surface area contributed by atoms with Crippen LogP contribution in [-0.2, 0) is 4.74 Å². The summed E-state index contributed by atoms with van der Waals surface area (Å²) in [6.45, 7) is 5.67. The molecule has 0 radical (unpaired) electrons. The van der Waals surface area contributed by atoms with Crippen molar-refractivity contribution < 1.29 is 14.3 Å². The van der Waals surface area contributed by atoms with Crippen LogP contribution in [0.25, 0.3) is 39.6 Å². The maximum absolute atomic E-state index is 13.2. The Bertz CT molecular complexity index is 1670. The lowest BCUT2D eigenvalue weighted by molar-refractivity contribution is 0.0549. The highest BCUT2D eigenvalue weighted by atomic mass is 16.6. The maximum Gasteiger partial charge on any atom is 0.415 e. The number of carbonyl (C=O) groups is 1. The maximum atomic E-state index is 13.2. The number of anilines is 1. The molecule has 5 aromatic rings. The lowest BCUT2D eigenvalue weighted by Gasteiger charge is -2.38. The molecular weight excluding hydrogens is 514 g/mol. The predicted molar refractivity (Wildman–Crippen MR) is 160 cm³/mol. The van der Waals surface area contributed by atoms with Crippen LogP contribution in [0.15, 0.2) is 84.9 Å². The third-order valence-electron chi connectivity index (χ3n) is 7.15. The summed E-state index contributed by atoms with van der Waals surface area (Å²) in [6, 6.07) is 27.9. The third-order valence-corrected chi connectivity index (χ3v) is 7.15. The van der Waals surface area contributed by atoms with E-state index < -0.39 is 5.60 Å². The van der Waals surface area contributed by atoms with Crippen LogP contribution in [0.4, 0.5) is 10.5 Å². The highest BCUT2D eigenvalue weighted by molar-refractivity contribution is 5.89. The van der Waals surface area contributed by atoms with Gasteiger partial charge in [0, 0.05) is 28.5 Å². The van der Waals surface area contributed by atoms with Crippen molar-refractivity contribution >= 4 is 22.9 Å². The molecule has 208 valence electrons. The average Bonchev–Trinajstić information content (AvgIpc) is 3.34. The molecule has 8 heteroatoms. The lowest BCUT2D eigenvalue weighted by atomic mass is 9.91. The number of methoxy groups -OCH3 is 1. The quantitative estimate of drug-likeness (QED) is 0.220. The van der Waals surface area contributed by atoms with E-state index in [9.17, 15) is 4.79 Å². The van der Waals surface area contributed by atoms with Gasteiger partial charge in [-0.2, -0.15) is 4.98 Å². The number of imidazole rings is 1. The van der Waals surface area contributed by atoms with Crippen LogP contribution < -0.4 is 9.64 Å². The first-order valence-electron chi connectivity index (χ1n) is 13.9. The van der Waals surface area contributed by atoms with Crippen LogP contribution in [0.1, 0.15) is 40.0 Å². The highest BCUT2D eigenvalue weighted by Crippen LogP contribution is 2.35. The first-order chi connectivity index (χ1) is 19.8. The Labute approximate surface area is 239 Å². The molecular formula is C33H33N5O3. The monoisotopic (exact) mass is 547 g/mol. The van der Waals surface area contributed by atoms with Crippen molar-refractivity contribution in [2.45, 2.75) is 51.7 Å². The van der Waals surface area contributed by atoms with E-state index in [-0.39, 0.29) is 12.1 Å². The molecule has 1 aliphatic rings. The van der Waals surface area contributed by atoms with Crippen LogP contribution >= 0.6 is 0 Å². The van der Waals surface area contributed by atoms with Crippen molar-refractivity contribution in [1.82, 2.24) is 19.5 Å². The highest BCUT2D eigenvalue weighted by Gasteiger charge is 2.33. The molecule has 2 heterocycles. The predicted octanol–water partition coefficient (Wildman–Crippen LogP) is 7.45. The lowest BCUT2D eigenvalue weighted by Crippen LogP contribution is -2.46. The van der Waals surface area contributed by atoms with Crippen LogP contribution in [0.2, 0.25) is 0 Å². The standard InChI is InChI=1S/C33H33N5O3/c1-33(2,3)41-32(39)37(24-16-11-17-24)25-18-20-26(21-19-25)38-29(23-14-9-6-10-15-23)34-27-30(38)35-28(36-31(27)40-4)22-12-7-5-8-13-22/h5-10,12-15,18-21,24H,11,16-17H2,1-4H3. The van der Waals surface area contributed by atoms with Gasteiger partial charge >= 0.3 is 6.09 Å². The Morgan fingerprint density at radius 3 is 2.05 bits per heavy atom. The van der Waals surface area contributed by atoms with Gasteiger partial charge in [0.2, 0.25) is 5.88 Å². The number of hydrogen-bond acceptors (Lipinski definition) is 6. The van der Waals surface area contributed by atoms with Crippen molar-refractivity contribution in [3.8, 4) is 34.3 Å². The molecule has 0 unspecified atom stereocenters. The van der Waals surface area contributed by atoms with Gasteiger partial charge in [0.05, 0.1) is 7.11 Å². The second-order valence-corrected chi connectivity index (χ2v) is 11.2. The van der Waals surface area contributed by atoms with Gasteiger partial charge in [-0.25, -0.2) is 14.8 Å². The number of ether oxygens (including phenoxy) is 2. The summed E-state index contributed by atoms with van der Waals surface area (Å²) in [5.41, 5.74) is 4.09. The van der Waals surface area contributed by atoms with Crippen molar-refractivity contribution in [1.29, 1.82) is 0 Å². The van der Waals surface area contributed by atoms with E-state index in [1.807, 2.05) is 110 Å². The zero-order chi connectivity index (χ0) is 28.6. The Morgan fingerprint density at radius 2 is 1.49 bits per heavy atom. The van der Waals surface area contributed by atoms with Crippen molar-refractivity contribution in [3.63, 3.8) is 0 Å². The summed E-state index contributed by atoms with van der Waals surface area (Å²) >= 11 is 0. The second-order valence-electron chi connectivity index (χ2n) is 11.2. The van der Waals surface area contributed by atoms with Crippen LogP contribution in [0.3, 0.4) is 0 Å². The minimum Gasteiger partial charge on any atom is -0.479 e. The third kappa shape index (κ3) is 5.25. The Morgan fingerprint density at radius 1 is 0.854 bits per heavy atom. The van der Waals surface area contributed by atoms with Crippen molar-refractivity contribution in [2.24, 2.45) is 0 Å². The minimum absolute atomic E-state index is 0.134. The molecule has 0 saturated heterocycles. The van der Waals surface area contributed by atoms with E-state index in [1.54, 1.807) is 12.0 Å². The number of benzene rings is 3. The van der Waals surface area contributed by atoms with Gasteiger partial charge in [0.25, 0.3) is 0 Å². The number of nitrogens with zero attached hydrogens (tertiary/aromatic N) is 5. The van der Waals surface area contributed by atoms with E-state index in [4.69, 9.17) is 19.4 Å². The summed E-state index contributed by atoms with van der Waals surface area (Å²) in [5, 5.41) is 0. The van der Waals surface area contributed by atoms with E-state index in [1.165, 1.54) is 0 Å². The van der Waals surface area contributed by atoms with Crippen LogP contribution in [-0.4, -0.2) is 44.4 Å². The van der Waals surface area contributed by atoms with Gasteiger partial charge in [-0.3, -0.25) is 9.47 Å². The molecule has 0 spiro atoms. The van der Waals surface area contributed by atoms with E-state index in [2.05, 4.69) is 4.98 Å². The number of carbonyl (C=O) groups excluding carboxylic acids is 1. The molecule has 0 aliphatic heterocycles. The summed E-state index contributed by atoms with van der Waals surface area (Å²) in [5.74, 6) is 1.67. The summed E-state index contributed by atoms with van der Waals surface area (Å²) < 4.78 is 13.5. The smallest absolute Gasteiger partial charge is 0.415 e. The molecule has 6 rings (SSSR count). The van der Waals surface area contributed by atoms with E-state index in [0.29, 0.717) is 28.7 Å².